The van der Waals surface area contributed by atoms with Crippen LogP contribution in [0.15, 0.2) is 46.6 Å². The van der Waals surface area contributed by atoms with Crippen LogP contribution in [0.5, 0.6) is 0 Å². The predicted molar refractivity (Wildman–Crippen MR) is 91.4 cm³/mol. The summed E-state index contributed by atoms with van der Waals surface area (Å²) in [4.78, 5) is 36.8. The SMILES string of the molecule is C=C1C(=O)OC2C3C(C)=CC(=O)C3=C(C)CC(OC(=O)/C(C)=C\C)[C@@H]12. The van der Waals surface area contributed by atoms with Crippen LogP contribution in [0.3, 0.4) is 0 Å². The van der Waals surface area contributed by atoms with E-state index in [1.54, 1.807) is 26.0 Å². The molecule has 4 atom stereocenters. The lowest BCUT2D eigenvalue weighted by molar-refractivity contribution is -0.148. The Balaban J connectivity index is 2.04. The molecule has 0 aromatic rings. The Bertz CT molecular complexity index is 780. The Morgan fingerprint density at radius 2 is 2.04 bits per heavy atom. The maximum Gasteiger partial charge on any atom is 0.334 e. The molecule has 3 unspecified atom stereocenters. The van der Waals surface area contributed by atoms with E-state index in [2.05, 4.69) is 6.58 Å². The van der Waals surface area contributed by atoms with Crippen LogP contribution in [0.25, 0.3) is 0 Å². The molecule has 5 nitrogen and oxygen atoms in total. The van der Waals surface area contributed by atoms with Gasteiger partial charge in [0.05, 0.1) is 5.92 Å². The second kappa shape index (κ2) is 6.14. The average molecular weight is 342 g/mol. The molecule has 132 valence electrons. The van der Waals surface area contributed by atoms with E-state index in [1.165, 1.54) is 0 Å². The van der Waals surface area contributed by atoms with Crippen molar-refractivity contribution in [3.63, 3.8) is 0 Å². The maximum atomic E-state index is 12.4. The number of rotatable bonds is 2. The molecular weight excluding hydrogens is 320 g/mol. The zero-order valence-electron chi connectivity index (χ0n) is 14.9. The monoisotopic (exact) mass is 342 g/mol. The largest absolute Gasteiger partial charge is 0.458 e. The molecule has 1 heterocycles. The lowest BCUT2D eigenvalue weighted by Gasteiger charge is -2.28. The number of allylic oxidation sites excluding steroid dienone is 2. The van der Waals surface area contributed by atoms with Gasteiger partial charge in [-0.25, -0.2) is 9.59 Å². The van der Waals surface area contributed by atoms with Crippen LogP contribution < -0.4 is 0 Å². The predicted octanol–water partition coefficient (Wildman–Crippen LogP) is 2.83. The zero-order valence-corrected chi connectivity index (χ0v) is 14.9. The fourth-order valence-corrected chi connectivity index (χ4v) is 3.97. The van der Waals surface area contributed by atoms with Crippen LogP contribution in [-0.4, -0.2) is 29.9 Å². The van der Waals surface area contributed by atoms with Crippen molar-refractivity contribution >= 4 is 17.7 Å². The number of esters is 2. The van der Waals surface area contributed by atoms with Crippen molar-refractivity contribution in [3.8, 4) is 0 Å². The molecule has 1 fully saturated rings. The summed E-state index contributed by atoms with van der Waals surface area (Å²) >= 11 is 0. The maximum absolute atomic E-state index is 12.4. The van der Waals surface area contributed by atoms with E-state index in [9.17, 15) is 14.4 Å². The molecule has 0 aromatic carbocycles. The summed E-state index contributed by atoms with van der Waals surface area (Å²) in [7, 11) is 0. The standard InChI is InChI=1S/C20H22O5/c1-6-9(2)19(22)24-14-8-11(4)15-13(21)7-10(3)16(15)18-17(14)12(5)20(23)25-18/h6-7,14,16-18H,5,8H2,1-4H3/b9-6-/t14?,16?,17-,18?/m1/s1. The first kappa shape index (κ1) is 17.4. The average Bonchev–Trinajstić information content (AvgIpc) is 2.96. The second-order valence-electron chi connectivity index (χ2n) is 6.96. The van der Waals surface area contributed by atoms with Gasteiger partial charge in [-0.2, -0.15) is 0 Å². The molecule has 0 N–H and O–H groups in total. The van der Waals surface area contributed by atoms with Gasteiger partial charge < -0.3 is 9.47 Å². The van der Waals surface area contributed by atoms with Crippen molar-refractivity contribution < 1.29 is 23.9 Å². The zero-order chi connectivity index (χ0) is 18.5. The Kier molecular flexibility index (Phi) is 4.27. The van der Waals surface area contributed by atoms with Crippen molar-refractivity contribution in [2.75, 3.05) is 0 Å². The van der Waals surface area contributed by atoms with E-state index in [0.29, 0.717) is 23.1 Å². The molecule has 0 spiro atoms. The summed E-state index contributed by atoms with van der Waals surface area (Å²) < 4.78 is 11.3. The topological polar surface area (TPSA) is 69.7 Å². The lowest BCUT2D eigenvalue weighted by atomic mass is 9.82. The van der Waals surface area contributed by atoms with E-state index in [1.807, 2.05) is 13.8 Å². The van der Waals surface area contributed by atoms with Crippen LogP contribution in [0.4, 0.5) is 0 Å². The third-order valence-corrected chi connectivity index (χ3v) is 5.40. The molecule has 1 saturated heterocycles. The number of hydrogen-bond donors (Lipinski definition) is 0. The first-order valence-electron chi connectivity index (χ1n) is 8.42. The van der Waals surface area contributed by atoms with Crippen LogP contribution in [0.1, 0.15) is 34.1 Å². The molecule has 2 aliphatic carbocycles. The number of fused-ring (bicyclic) bond motifs is 3. The quantitative estimate of drug-likeness (QED) is 0.570. The highest BCUT2D eigenvalue weighted by Gasteiger charge is 2.53. The molecule has 0 radical (unpaired) electrons. The molecule has 25 heavy (non-hydrogen) atoms. The van der Waals surface area contributed by atoms with Gasteiger partial charge in [-0.1, -0.05) is 23.8 Å². The summed E-state index contributed by atoms with van der Waals surface area (Å²) in [6.07, 6.45) is 2.53. The van der Waals surface area contributed by atoms with Gasteiger partial charge in [0, 0.05) is 29.1 Å². The highest BCUT2D eigenvalue weighted by molar-refractivity contribution is 6.09. The van der Waals surface area contributed by atoms with Crippen LogP contribution in [0, 0.1) is 11.8 Å². The van der Waals surface area contributed by atoms with E-state index in [4.69, 9.17) is 9.47 Å². The van der Waals surface area contributed by atoms with E-state index < -0.39 is 30.1 Å². The van der Waals surface area contributed by atoms with Gasteiger partial charge in [-0.15, -0.1) is 0 Å². The van der Waals surface area contributed by atoms with Crippen molar-refractivity contribution in [3.05, 3.63) is 46.6 Å². The minimum atomic E-state index is -0.579. The fraction of sp³-hybridized carbons (Fsp3) is 0.450. The van der Waals surface area contributed by atoms with Crippen molar-refractivity contribution in [1.29, 1.82) is 0 Å². The van der Waals surface area contributed by atoms with Gasteiger partial charge in [-0.3, -0.25) is 4.79 Å². The summed E-state index contributed by atoms with van der Waals surface area (Å²) in [5, 5.41) is 0. The molecular formula is C20H22O5. The Hall–Kier alpha value is -2.43. The van der Waals surface area contributed by atoms with Gasteiger partial charge >= 0.3 is 11.9 Å². The summed E-state index contributed by atoms with van der Waals surface area (Å²) in [5.41, 5.74) is 3.21. The molecule has 0 aromatic heterocycles. The van der Waals surface area contributed by atoms with Crippen LogP contribution >= 0.6 is 0 Å². The first-order chi connectivity index (χ1) is 11.8. The molecule has 3 aliphatic rings. The minimum Gasteiger partial charge on any atom is -0.458 e. The molecule has 1 aliphatic heterocycles. The smallest absolute Gasteiger partial charge is 0.334 e. The molecule has 5 heteroatoms. The van der Waals surface area contributed by atoms with Gasteiger partial charge in [0.2, 0.25) is 0 Å². The number of ether oxygens (including phenoxy) is 2. The normalized spacial score (nSPS) is 32.1. The van der Waals surface area contributed by atoms with Crippen molar-refractivity contribution in [1.82, 2.24) is 0 Å². The molecule has 3 rings (SSSR count). The first-order valence-corrected chi connectivity index (χ1v) is 8.42. The Labute approximate surface area is 147 Å². The number of ketones is 1. The minimum absolute atomic E-state index is 0.0519. The molecule has 0 bridgehead atoms. The summed E-state index contributed by atoms with van der Waals surface area (Å²) in [5.74, 6) is -1.70. The van der Waals surface area contributed by atoms with E-state index in [0.717, 1.165) is 11.1 Å². The number of carbonyl (C=O) groups is 3. The van der Waals surface area contributed by atoms with E-state index in [-0.39, 0.29) is 11.7 Å². The number of hydrogen-bond acceptors (Lipinski definition) is 5. The Morgan fingerprint density at radius 3 is 2.68 bits per heavy atom. The fourth-order valence-electron chi connectivity index (χ4n) is 3.97. The van der Waals surface area contributed by atoms with Crippen LogP contribution in [0.2, 0.25) is 0 Å². The summed E-state index contributed by atoms with van der Waals surface area (Å²) in [6, 6.07) is 0. The lowest BCUT2D eigenvalue weighted by Crippen LogP contribution is -2.36. The molecule has 0 saturated carbocycles. The number of carbonyl (C=O) groups excluding carboxylic acids is 3. The second-order valence-corrected chi connectivity index (χ2v) is 6.96. The highest BCUT2D eigenvalue weighted by atomic mass is 16.6. The molecule has 0 amide bonds. The Morgan fingerprint density at radius 1 is 1.36 bits per heavy atom. The van der Waals surface area contributed by atoms with Crippen molar-refractivity contribution in [2.45, 2.75) is 46.3 Å². The van der Waals surface area contributed by atoms with Crippen LogP contribution in [-0.2, 0) is 23.9 Å². The van der Waals surface area contributed by atoms with Crippen molar-refractivity contribution in [2.24, 2.45) is 11.8 Å². The highest BCUT2D eigenvalue weighted by Crippen LogP contribution is 2.48. The summed E-state index contributed by atoms with van der Waals surface area (Å²) in [6.45, 7) is 11.0. The third-order valence-electron chi connectivity index (χ3n) is 5.40. The van der Waals surface area contributed by atoms with Gasteiger partial charge in [0.25, 0.3) is 0 Å². The van der Waals surface area contributed by atoms with Gasteiger partial charge in [0.15, 0.2) is 5.78 Å². The van der Waals surface area contributed by atoms with Gasteiger partial charge in [-0.05, 0) is 33.8 Å². The third kappa shape index (κ3) is 2.68. The van der Waals surface area contributed by atoms with Gasteiger partial charge in [0.1, 0.15) is 12.2 Å². The van der Waals surface area contributed by atoms with E-state index >= 15 is 0 Å².